The number of methoxy groups -OCH3 is 2. The molecule has 3 N–H and O–H groups in total. The van der Waals surface area contributed by atoms with Crippen molar-refractivity contribution in [1.29, 1.82) is 0 Å². The number of benzene rings is 2. The Balaban J connectivity index is 1.60. The first-order chi connectivity index (χ1) is 18.8. The maximum atomic E-state index is 13.9. The number of pyridine rings is 1. The molecule has 1 aliphatic carbocycles. The number of ether oxygens (including phenoxy) is 3. The number of nitrogens with zero attached hydrogens (tertiary/aromatic N) is 1. The maximum Gasteiger partial charge on any atom is 0.163 e. The Morgan fingerprint density at radius 1 is 1.08 bits per heavy atom. The van der Waals surface area contributed by atoms with E-state index in [9.17, 15) is 14.3 Å². The number of ketones is 1. The van der Waals surface area contributed by atoms with Gasteiger partial charge >= 0.3 is 0 Å². The first-order valence-electron chi connectivity index (χ1n) is 13.0. The highest BCUT2D eigenvalue weighted by Gasteiger charge is 2.35. The summed E-state index contributed by atoms with van der Waals surface area (Å²) in [6.45, 7) is 1.87. The number of Topliss-reactive ketones (excluding diaryl/α,β-unsaturated/α-hetero) is 1. The summed E-state index contributed by atoms with van der Waals surface area (Å²) >= 11 is 0. The standard InChI is InChI=1S/C30H35FN2O6/c1-19-16-21(4-8-23(19)31)29-26(37-2)10-11-28(33-29)30(36,18-32-22-6-7-22)13-12-24(35)20-5-9-25(39-15-14-34)27(17-20)38-3/h4-5,8-11,16-17,22,32,34,36H,6-7,12-15,18H2,1-3H3. The van der Waals surface area contributed by atoms with Gasteiger partial charge in [-0.1, -0.05) is 0 Å². The molecule has 0 aliphatic heterocycles. The minimum atomic E-state index is -1.44. The number of aliphatic hydroxyl groups excluding tert-OH is 1. The molecule has 1 atom stereocenters. The lowest BCUT2D eigenvalue weighted by atomic mass is 9.90. The summed E-state index contributed by atoms with van der Waals surface area (Å²) in [7, 11) is 3.01. The monoisotopic (exact) mass is 538 g/mol. The lowest BCUT2D eigenvalue weighted by Crippen LogP contribution is -2.40. The third-order valence-electron chi connectivity index (χ3n) is 6.85. The first kappa shape index (κ1) is 28.5. The Bertz CT molecular complexity index is 1310. The van der Waals surface area contributed by atoms with Crippen LogP contribution in [0.4, 0.5) is 4.39 Å². The molecule has 1 fully saturated rings. The van der Waals surface area contributed by atoms with Gasteiger partial charge in [-0.3, -0.25) is 4.79 Å². The third kappa shape index (κ3) is 6.92. The van der Waals surface area contributed by atoms with Gasteiger partial charge in [0.05, 0.1) is 26.5 Å². The predicted molar refractivity (Wildman–Crippen MR) is 145 cm³/mol. The molecule has 0 spiro atoms. The SMILES string of the molecule is COc1cc(C(=O)CCC(O)(CNC2CC2)c2ccc(OC)c(-c3ccc(F)c(C)c3)n2)ccc1OCCO. The van der Waals surface area contributed by atoms with Crippen molar-refractivity contribution in [3.05, 3.63) is 71.2 Å². The minimum Gasteiger partial charge on any atom is -0.494 e. The molecule has 1 aliphatic rings. The number of carbonyl (C=O) groups is 1. The maximum absolute atomic E-state index is 13.9. The van der Waals surface area contributed by atoms with Gasteiger partial charge in [0.2, 0.25) is 0 Å². The van der Waals surface area contributed by atoms with Crippen LogP contribution in [0.5, 0.6) is 17.2 Å². The summed E-state index contributed by atoms with van der Waals surface area (Å²) in [6.07, 6.45) is 2.25. The van der Waals surface area contributed by atoms with Crippen molar-refractivity contribution in [3.8, 4) is 28.5 Å². The summed E-state index contributed by atoms with van der Waals surface area (Å²) in [5, 5.41) is 24.3. The van der Waals surface area contributed by atoms with Gasteiger partial charge in [0.15, 0.2) is 17.3 Å². The van der Waals surface area contributed by atoms with Crippen molar-refractivity contribution >= 4 is 5.78 Å². The van der Waals surface area contributed by atoms with Crippen LogP contribution in [0.2, 0.25) is 0 Å². The number of aryl methyl sites for hydroxylation is 1. The molecule has 0 amide bonds. The van der Waals surface area contributed by atoms with Gasteiger partial charge in [0.25, 0.3) is 0 Å². The topological polar surface area (TPSA) is 110 Å². The van der Waals surface area contributed by atoms with Gasteiger partial charge in [-0.15, -0.1) is 0 Å². The van der Waals surface area contributed by atoms with E-state index in [0.29, 0.717) is 51.4 Å². The number of halogens is 1. The molecule has 0 bridgehead atoms. The van der Waals surface area contributed by atoms with E-state index in [4.69, 9.17) is 24.3 Å². The van der Waals surface area contributed by atoms with Crippen LogP contribution in [0.15, 0.2) is 48.5 Å². The van der Waals surface area contributed by atoms with Crippen LogP contribution in [0, 0.1) is 12.7 Å². The molecular formula is C30H35FN2O6. The molecule has 208 valence electrons. The van der Waals surface area contributed by atoms with Crippen molar-refractivity contribution in [3.63, 3.8) is 0 Å². The third-order valence-corrected chi connectivity index (χ3v) is 6.85. The molecule has 2 aromatic carbocycles. The predicted octanol–water partition coefficient (Wildman–Crippen LogP) is 4.19. The second-order valence-electron chi connectivity index (χ2n) is 9.76. The van der Waals surface area contributed by atoms with Crippen molar-refractivity contribution in [2.75, 3.05) is 34.0 Å². The zero-order valence-electron chi connectivity index (χ0n) is 22.5. The fraction of sp³-hybridized carbons (Fsp3) is 0.400. The molecule has 39 heavy (non-hydrogen) atoms. The van der Waals surface area contributed by atoms with Gasteiger partial charge < -0.3 is 29.7 Å². The Labute approximate surface area is 227 Å². The van der Waals surface area contributed by atoms with Crippen LogP contribution in [0.25, 0.3) is 11.3 Å². The number of aliphatic hydroxyl groups is 2. The molecule has 4 rings (SSSR count). The van der Waals surface area contributed by atoms with Crippen LogP contribution >= 0.6 is 0 Å². The fourth-order valence-corrected chi connectivity index (χ4v) is 4.36. The number of hydrogen-bond donors (Lipinski definition) is 3. The average Bonchev–Trinajstić information content (AvgIpc) is 3.79. The number of rotatable bonds is 14. The molecule has 1 heterocycles. The smallest absolute Gasteiger partial charge is 0.163 e. The molecular weight excluding hydrogens is 503 g/mol. The lowest BCUT2D eigenvalue weighted by Gasteiger charge is -2.29. The summed E-state index contributed by atoms with van der Waals surface area (Å²) in [6, 6.07) is 13.3. The van der Waals surface area contributed by atoms with E-state index in [1.807, 2.05) is 0 Å². The second-order valence-corrected chi connectivity index (χ2v) is 9.76. The molecule has 1 saturated carbocycles. The Morgan fingerprint density at radius 3 is 2.49 bits per heavy atom. The van der Waals surface area contributed by atoms with Gasteiger partial charge in [-0.05, 0) is 80.3 Å². The van der Waals surface area contributed by atoms with Crippen molar-refractivity contribution in [2.45, 2.75) is 44.2 Å². The van der Waals surface area contributed by atoms with Crippen LogP contribution in [-0.2, 0) is 5.60 Å². The van der Waals surface area contributed by atoms with Gasteiger partial charge in [0, 0.05) is 30.1 Å². The summed E-state index contributed by atoms with van der Waals surface area (Å²) in [5.41, 5.74) is 0.996. The Hall–Kier alpha value is -3.53. The molecule has 8 nitrogen and oxygen atoms in total. The van der Waals surface area contributed by atoms with Crippen LogP contribution in [0.3, 0.4) is 0 Å². The normalized spacial score (nSPS) is 14.5. The van der Waals surface area contributed by atoms with Gasteiger partial charge in [-0.25, -0.2) is 9.37 Å². The van der Waals surface area contributed by atoms with Gasteiger partial charge in [0.1, 0.15) is 29.5 Å². The van der Waals surface area contributed by atoms with Gasteiger partial charge in [-0.2, -0.15) is 0 Å². The highest BCUT2D eigenvalue weighted by Crippen LogP contribution is 2.35. The molecule has 3 aromatic rings. The van der Waals surface area contributed by atoms with Crippen molar-refractivity contribution < 1.29 is 33.6 Å². The Morgan fingerprint density at radius 2 is 1.82 bits per heavy atom. The first-order valence-corrected chi connectivity index (χ1v) is 13.0. The highest BCUT2D eigenvalue weighted by molar-refractivity contribution is 5.96. The molecule has 0 radical (unpaired) electrons. The number of hydrogen-bond acceptors (Lipinski definition) is 8. The molecule has 1 unspecified atom stereocenters. The zero-order chi connectivity index (χ0) is 28.0. The number of nitrogens with one attached hydrogen (secondary N) is 1. The van der Waals surface area contributed by atoms with E-state index >= 15 is 0 Å². The van der Waals surface area contributed by atoms with Crippen LogP contribution in [0.1, 0.15) is 47.3 Å². The van der Waals surface area contributed by atoms with Crippen LogP contribution in [-0.4, -0.2) is 61.0 Å². The molecule has 1 aromatic heterocycles. The summed E-state index contributed by atoms with van der Waals surface area (Å²) in [5.74, 6) is 0.820. The van der Waals surface area contributed by atoms with E-state index in [0.717, 1.165) is 12.8 Å². The Kier molecular flexibility index (Phi) is 9.16. The second kappa shape index (κ2) is 12.5. The number of aromatic nitrogens is 1. The molecule has 0 saturated heterocycles. The minimum absolute atomic E-state index is 0.0571. The van der Waals surface area contributed by atoms with Crippen molar-refractivity contribution in [2.24, 2.45) is 0 Å². The van der Waals surface area contributed by atoms with E-state index in [1.54, 1.807) is 49.4 Å². The summed E-state index contributed by atoms with van der Waals surface area (Å²) < 4.78 is 30.2. The van der Waals surface area contributed by atoms with E-state index in [1.165, 1.54) is 20.3 Å². The zero-order valence-corrected chi connectivity index (χ0v) is 22.5. The van der Waals surface area contributed by atoms with E-state index in [2.05, 4.69) is 5.32 Å². The number of carbonyl (C=O) groups excluding carboxylic acids is 1. The lowest BCUT2D eigenvalue weighted by molar-refractivity contribution is 0.0211. The fourth-order valence-electron chi connectivity index (χ4n) is 4.36. The van der Waals surface area contributed by atoms with Crippen LogP contribution < -0.4 is 19.5 Å². The average molecular weight is 539 g/mol. The molecule has 9 heteroatoms. The summed E-state index contributed by atoms with van der Waals surface area (Å²) in [4.78, 5) is 17.9. The van der Waals surface area contributed by atoms with E-state index < -0.39 is 5.60 Å². The quantitative estimate of drug-likeness (QED) is 0.262. The van der Waals surface area contributed by atoms with E-state index in [-0.39, 0.29) is 44.2 Å². The van der Waals surface area contributed by atoms with Crippen molar-refractivity contribution in [1.82, 2.24) is 10.3 Å². The highest BCUT2D eigenvalue weighted by atomic mass is 19.1. The largest absolute Gasteiger partial charge is 0.494 e.